The number of carboxylic acids is 1. The van der Waals surface area contributed by atoms with Crippen LogP contribution >= 0.6 is 0 Å². The number of nitrogens with zero attached hydrogens (tertiary/aromatic N) is 2. The van der Waals surface area contributed by atoms with Crippen LogP contribution in [0.3, 0.4) is 0 Å². The van der Waals surface area contributed by atoms with Gasteiger partial charge < -0.3 is 20.9 Å². The first-order chi connectivity index (χ1) is 12.4. The van der Waals surface area contributed by atoms with Crippen molar-refractivity contribution in [3.05, 3.63) is 42.1 Å². The lowest BCUT2D eigenvalue weighted by atomic mass is 9.78. The summed E-state index contributed by atoms with van der Waals surface area (Å²) in [5.74, 6) is -1.24. The molecule has 0 radical (unpaired) electrons. The number of hydrogen-bond acceptors (Lipinski definition) is 6. The number of rotatable bonds is 7. The van der Waals surface area contributed by atoms with E-state index in [1.54, 1.807) is 6.20 Å². The van der Waals surface area contributed by atoms with Crippen molar-refractivity contribution in [3.63, 3.8) is 0 Å². The van der Waals surface area contributed by atoms with Crippen molar-refractivity contribution in [3.8, 4) is 0 Å². The van der Waals surface area contributed by atoms with Gasteiger partial charge in [-0.1, -0.05) is 24.6 Å². The summed E-state index contributed by atoms with van der Waals surface area (Å²) in [5.41, 5.74) is 6.93. The lowest BCUT2D eigenvalue weighted by Crippen LogP contribution is -2.54. The molecule has 0 saturated carbocycles. The van der Waals surface area contributed by atoms with E-state index in [9.17, 15) is 9.90 Å². The molecule has 0 aliphatic carbocycles. The Morgan fingerprint density at radius 2 is 2.12 bits per heavy atom. The third kappa shape index (κ3) is 3.88. The predicted octanol–water partition coefficient (Wildman–Crippen LogP) is 0.702. The maximum absolute atomic E-state index is 11.8. The van der Waals surface area contributed by atoms with Crippen molar-refractivity contribution in [2.24, 2.45) is 11.7 Å². The molecule has 1 saturated heterocycles. The monoisotopic (exact) mass is 357 g/mol. The van der Waals surface area contributed by atoms with Crippen LogP contribution in [0.25, 0.3) is 10.9 Å². The molecule has 2 aromatic rings. The average Bonchev–Trinajstić information content (AvgIpc) is 2.92. The summed E-state index contributed by atoms with van der Waals surface area (Å²) >= 11 is 0. The van der Waals surface area contributed by atoms with E-state index >= 15 is 0 Å². The summed E-state index contributed by atoms with van der Waals surface area (Å²) < 4.78 is 0. The summed E-state index contributed by atoms with van der Waals surface area (Å²) in [6.07, 6.45) is 3.07. The molecule has 26 heavy (non-hydrogen) atoms. The van der Waals surface area contributed by atoms with Crippen molar-refractivity contribution >= 4 is 24.0 Å². The molecule has 1 aliphatic rings. The predicted molar refractivity (Wildman–Crippen MR) is 99.3 cm³/mol. The molecule has 1 aromatic carbocycles. The second-order valence-corrected chi connectivity index (χ2v) is 7.11. The first-order valence-corrected chi connectivity index (χ1v) is 8.83. The Kier molecular flexibility index (Phi) is 5.57. The van der Waals surface area contributed by atoms with Gasteiger partial charge in [0.25, 0.3) is 0 Å². The molecular weight excluding hydrogens is 333 g/mol. The van der Waals surface area contributed by atoms with Crippen LogP contribution in [0, 0.1) is 5.92 Å². The number of para-hydroxylation sites is 1. The standard InChI is InChI=1S/C18H24BN3O4/c20-18(17(23)24)12-22(11-14(18)4-3-8-19(25)26)10-13-7-9-21-16-6-2-1-5-15(13)16/h1-2,5-7,9,14,25-26H,3-4,8,10-12,20H2,(H,23,24). The molecule has 138 valence electrons. The molecule has 5 N–H and O–H groups in total. The van der Waals surface area contributed by atoms with Gasteiger partial charge in [-0.25, -0.2) is 0 Å². The summed E-state index contributed by atoms with van der Waals surface area (Å²) in [5, 5.41) is 28.7. The number of aromatic nitrogens is 1. The molecule has 1 aromatic heterocycles. The highest BCUT2D eigenvalue weighted by Gasteiger charge is 2.49. The number of nitrogens with two attached hydrogens (primary N) is 1. The van der Waals surface area contributed by atoms with Gasteiger partial charge in [-0.15, -0.1) is 0 Å². The van der Waals surface area contributed by atoms with Gasteiger partial charge in [0.2, 0.25) is 0 Å². The molecule has 2 unspecified atom stereocenters. The molecule has 3 rings (SSSR count). The highest BCUT2D eigenvalue weighted by molar-refractivity contribution is 6.40. The van der Waals surface area contributed by atoms with E-state index in [4.69, 9.17) is 15.8 Å². The average molecular weight is 357 g/mol. The van der Waals surface area contributed by atoms with E-state index in [0.29, 0.717) is 25.9 Å². The summed E-state index contributed by atoms with van der Waals surface area (Å²) in [4.78, 5) is 18.2. The number of fused-ring (bicyclic) bond motifs is 1. The SMILES string of the molecule is NC1(C(=O)O)CN(Cc2ccnc3ccccc23)CC1CCCB(O)O. The zero-order valence-electron chi connectivity index (χ0n) is 14.6. The zero-order valence-corrected chi connectivity index (χ0v) is 14.6. The highest BCUT2D eigenvalue weighted by Crippen LogP contribution is 2.32. The quantitative estimate of drug-likeness (QED) is 0.539. The summed E-state index contributed by atoms with van der Waals surface area (Å²) in [7, 11) is -1.37. The number of benzene rings is 1. The fraction of sp³-hybridized carbons (Fsp3) is 0.444. The third-order valence-corrected chi connectivity index (χ3v) is 5.24. The van der Waals surface area contributed by atoms with E-state index in [1.165, 1.54) is 0 Å². The molecule has 0 amide bonds. The maximum Gasteiger partial charge on any atom is 0.451 e. The van der Waals surface area contributed by atoms with Crippen molar-refractivity contribution in [2.45, 2.75) is 31.2 Å². The van der Waals surface area contributed by atoms with Crippen LogP contribution in [-0.2, 0) is 11.3 Å². The second kappa shape index (κ2) is 7.71. The molecular formula is C18H24BN3O4. The number of pyridine rings is 1. The number of hydrogen-bond donors (Lipinski definition) is 4. The molecule has 8 heteroatoms. The lowest BCUT2D eigenvalue weighted by molar-refractivity contribution is -0.144. The maximum atomic E-state index is 11.8. The van der Waals surface area contributed by atoms with Gasteiger partial charge in [0.05, 0.1) is 5.52 Å². The van der Waals surface area contributed by atoms with E-state index in [1.807, 2.05) is 30.3 Å². The van der Waals surface area contributed by atoms with E-state index in [0.717, 1.165) is 16.5 Å². The van der Waals surface area contributed by atoms with Gasteiger partial charge in [0.15, 0.2) is 0 Å². The first kappa shape index (κ1) is 18.8. The molecule has 7 nitrogen and oxygen atoms in total. The van der Waals surface area contributed by atoms with Gasteiger partial charge in [-0.2, -0.15) is 0 Å². The Morgan fingerprint density at radius 3 is 2.85 bits per heavy atom. The Morgan fingerprint density at radius 1 is 1.35 bits per heavy atom. The second-order valence-electron chi connectivity index (χ2n) is 7.11. The van der Waals surface area contributed by atoms with Crippen LogP contribution in [0.15, 0.2) is 36.5 Å². The Hall–Kier alpha value is -2.00. The minimum Gasteiger partial charge on any atom is -0.480 e. The fourth-order valence-corrected chi connectivity index (χ4v) is 3.83. The molecule has 2 atom stereocenters. The molecule has 0 bridgehead atoms. The van der Waals surface area contributed by atoms with Gasteiger partial charge in [-0.3, -0.25) is 14.7 Å². The Balaban J connectivity index is 1.75. The third-order valence-electron chi connectivity index (χ3n) is 5.24. The Bertz CT molecular complexity index is 783. The van der Waals surface area contributed by atoms with Gasteiger partial charge in [0, 0.05) is 37.1 Å². The zero-order chi connectivity index (χ0) is 18.7. The van der Waals surface area contributed by atoms with Crippen molar-refractivity contribution in [1.29, 1.82) is 0 Å². The highest BCUT2D eigenvalue weighted by atomic mass is 16.4. The summed E-state index contributed by atoms with van der Waals surface area (Å²) in [6, 6.07) is 9.83. The van der Waals surface area contributed by atoms with Crippen LogP contribution < -0.4 is 5.73 Å². The number of likely N-dealkylation sites (tertiary alicyclic amines) is 1. The topological polar surface area (TPSA) is 120 Å². The molecule has 1 aliphatic heterocycles. The Labute approximate surface area is 152 Å². The minimum absolute atomic E-state index is 0.223. The van der Waals surface area contributed by atoms with Crippen LogP contribution in [0.1, 0.15) is 18.4 Å². The number of aliphatic carboxylic acids is 1. The van der Waals surface area contributed by atoms with Crippen molar-refractivity contribution < 1.29 is 19.9 Å². The first-order valence-electron chi connectivity index (χ1n) is 8.83. The largest absolute Gasteiger partial charge is 0.480 e. The van der Waals surface area contributed by atoms with E-state index < -0.39 is 18.6 Å². The van der Waals surface area contributed by atoms with E-state index in [2.05, 4.69) is 9.88 Å². The smallest absolute Gasteiger partial charge is 0.451 e. The number of carbonyl (C=O) groups is 1. The normalized spacial score (nSPS) is 23.4. The lowest BCUT2D eigenvalue weighted by Gasteiger charge is -2.25. The van der Waals surface area contributed by atoms with Crippen LogP contribution in [0.2, 0.25) is 6.32 Å². The molecule has 1 fully saturated rings. The van der Waals surface area contributed by atoms with Crippen molar-refractivity contribution in [1.82, 2.24) is 9.88 Å². The van der Waals surface area contributed by atoms with Crippen LogP contribution in [0.5, 0.6) is 0 Å². The van der Waals surface area contributed by atoms with Crippen molar-refractivity contribution in [2.75, 3.05) is 13.1 Å². The number of carboxylic acid groups (broad SMARTS) is 1. The van der Waals surface area contributed by atoms with Crippen LogP contribution in [-0.4, -0.2) is 56.8 Å². The van der Waals surface area contributed by atoms with E-state index in [-0.39, 0.29) is 18.8 Å². The van der Waals surface area contributed by atoms with Crippen LogP contribution in [0.4, 0.5) is 0 Å². The van der Waals surface area contributed by atoms with Gasteiger partial charge >= 0.3 is 13.1 Å². The van der Waals surface area contributed by atoms with Gasteiger partial charge in [-0.05, 0) is 30.4 Å². The van der Waals surface area contributed by atoms with Gasteiger partial charge in [0.1, 0.15) is 5.54 Å². The molecule has 2 heterocycles. The minimum atomic E-state index is -1.37. The fourth-order valence-electron chi connectivity index (χ4n) is 3.83. The summed E-state index contributed by atoms with van der Waals surface area (Å²) in [6.45, 7) is 1.45. The molecule has 0 spiro atoms.